The van der Waals surface area contributed by atoms with E-state index in [1.165, 1.54) is 7.11 Å². The molecule has 0 spiro atoms. The highest BCUT2D eigenvalue weighted by Crippen LogP contribution is 2.11. The maximum atomic E-state index is 11.4. The molecule has 1 fully saturated rings. The third-order valence-electron chi connectivity index (χ3n) is 2.21. The van der Waals surface area contributed by atoms with E-state index in [4.69, 9.17) is 19.9 Å². The van der Waals surface area contributed by atoms with Crippen LogP contribution in [0.3, 0.4) is 0 Å². The summed E-state index contributed by atoms with van der Waals surface area (Å²) in [5.74, 6) is -0.373. The van der Waals surface area contributed by atoms with E-state index in [1.807, 2.05) is 0 Å². The monoisotopic (exact) mass is 203 g/mol. The number of esters is 1. The third-order valence-corrected chi connectivity index (χ3v) is 2.21. The Morgan fingerprint density at radius 2 is 2.21 bits per heavy atom. The van der Waals surface area contributed by atoms with Crippen molar-refractivity contribution in [1.29, 1.82) is 0 Å². The molecule has 1 saturated heterocycles. The van der Waals surface area contributed by atoms with E-state index in [0.29, 0.717) is 13.2 Å². The van der Waals surface area contributed by atoms with Gasteiger partial charge in [-0.3, -0.25) is 0 Å². The van der Waals surface area contributed by atoms with E-state index in [2.05, 4.69) is 0 Å². The van der Waals surface area contributed by atoms with Crippen LogP contribution in [0.15, 0.2) is 0 Å². The molecule has 1 aliphatic rings. The molecule has 1 aliphatic heterocycles. The molecule has 5 heteroatoms. The van der Waals surface area contributed by atoms with Crippen LogP contribution in [0.2, 0.25) is 0 Å². The number of hydrogen-bond donors (Lipinski definition) is 1. The average Bonchev–Trinajstić information content (AvgIpc) is 2.21. The second kappa shape index (κ2) is 5.95. The zero-order valence-corrected chi connectivity index (χ0v) is 8.40. The lowest BCUT2D eigenvalue weighted by molar-refractivity contribution is -0.164. The number of ether oxygens (including phenoxy) is 3. The minimum Gasteiger partial charge on any atom is -0.460 e. The highest BCUT2D eigenvalue weighted by molar-refractivity contribution is 5.75. The molecule has 0 aromatic heterocycles. The van der Waals surface area contributed by atoms with Crippen LogP contribution in [-0.4, -0.2) is 45.0 Å². The van der Waals surface area contributed by atoms with Crippen LogP contribution < -0.4 is 5.73 Å². The molecule has 2 N–H and O–H groups in total. The number of hydrogen-bond acceptors (Lipinski definition) is 5. The Bertz CT molecular complexity index is 176. The standard InChI is InChI=1S/C9H17NO4/c1-12-8(6-10)9(11)14-7-2-4-13-5-3-7/h7-8H,2-6,10H2,1H3. The van der Waals surface area contributed by atoms with Crippen molar-refractivity contribution in [3.8, 4) is 0 Å². The van der Waals surface area contributed by atoms with Crippen LogP contribution in [0.1, 0.15) is 12.8 Å². The molecule has 0 bridgehead atoms. The van der Waals surface area contributed by atoms with Gasteiger partial charge in [-0.2, -0.15) is 0 Å². The van der Waals surface area contributed by atoms with Crippen LogP contribution in [0.4, 0.5) is 0 Å². The molecule has 0 aromatic carbocycles. The van der Waals surface area contributed by atoms with Gasteiger partial charge in [0.2, 0.25) is 0 Å². The summed E-state index contributed by atoms with van der Waals surface area (Å²) in [4.78, 5) is 11.4. The van der Waals surface area contributed by atoms with Gasteiger partial charge in [0.05, 0.1) is 13.2 Å². The Morgan fingerprint density at radius 1 is 1.57 bits per heavy atom. The summed E-state index contributed by atoms with van der Waals surface area (Å²) >= 11 is 0. The Balaban J connectivity index is 2.30. The normalized spacial score (nSPS) is 20.4. The molecule has 0 aliphatic carbocycles. The van der Waals surface area contributed by atoms with Gasteiger partial charge in [0.25, 0.3) is 0 Å². The van der Waals surface area contributed by atoms with Crippen LogP contribution in [0.25, 0.3) is 0 Å². The molecule has 82 valence electrons. The fraction of sp³-hybridized carbons (Fsp3) is 0.889. The second-order valence-corrected chi connectivity index (χ2v) is 3.21. The largest absolute Gasteiger partial charge is 0.460 e. The molecule has 1 heterocycles. The van der Waals surface area contributed by atoms with Crippen molar-refractivity contribution in [3.05, 3.63) is 0 Å². The number of rotatable bonds is 4. The lowest BCUT2D eigenvalue weighted by atomic mass is 10.1. The molecule has 0 amide bonds. The van der Waals surface area contributed by atoms with E-state index in [-0.39, 0.29) is 18.6 Å². The van der Waals surface area contributed by atoms with Gasteiger partial charge in [0.1, 0.15) is 6.10 Å². The number of carbonyl (C=O) groups excluding carboxylic acids is 1. The van der Waals surface area contributed by atoms with Crippen molar-refractivity contribution in [2.24, 2.45) is 5.73 Å². The molecule has 5 nitrogen and oxygen atoms in total. The highest BCUT2D eigenvalue weighted by atomic mass is 16.6. The molecule has 1 atom stereocenters. The molecule has 0 radical (unpaired) electrons. The van der Waals surface area contributed by atoms with Gasteiger partial charge in [0, 0.05) is 26.5 Å². The Labute approximate surface area is 83.5 Å². The first kappa shape index (κ1) is 11.4. The first-order chi connectivity index (χ1) is 6.77. The van der Waals surface area contributed by atoms with Crippen molar-refractivity contribution in [3.63, 3.8) is 0 Å². The van der Waals surface area contributed by atoms with Gasteiger partial charge >= 0.3 is 5.97 Å². The molecule has 14 heavy (non-hydrogen) atoms. The minimum atomic E-state index is -0.641. The van der Waals surface area contributed by atoms with Crippen molar-refractivity contribution in [2.45, 2.75) is 25.0 Å². The van der Waals surface area contributed by atoms with Gasteiger partial charge in [-0.15, -0.1) is 0 Å². The van der Waals surface area contributed by atoms with E-state index in [1.54, 1.807) is 0 Å². The maximum Gasteiger partial charge on any atom is 0.336 e. The Morgan fingerprint density at radius 3 is 2.71 bits per heavy atom. The van der Waals surface area contributed by atoms with Crippen molar-refractivity contribution in [2.75, 3.05) is 26.9 Å². The quantitative estimate of drug-likeness (QED) is 0.634. The number of carbonyl (C=O) groups is 1. The fourth-order valence-electron chi connectivity index (χ4n) is 1.32. The van der Waals surface area contributed by atoms with Gasteiger partial charge in [-0.25, -0.2) is 4.79 Å². The van der Waals surface area contributed by atoms with Crippen LogP contribution >= 0.6 is 0 Å². The van der Waals surface area contributed by atoms with Gasteiger partial charge in [-0.05, 0) is 0 Å². The number of nitrogens with two attached hydrogens (primary N) is 1. The molecular formula is C9H17NO4. The van der Waals surface area contributed by atoms with E-state index in [9.17, 15) is 4.79 Å². The zero-order chi connectivity index (χ0) is 10.4. The molecule has 1 unspecified atom stereocenters. The summed E-state index contributed by atoms with van der Waals surface area (Å²) in [6.07, 6.45) is 0.831. The summed E-state index contributed by atoms with van der Waals surface area (Å²) in [7, 11) is 1.45. The summed E-state index contributed by atoms with van der Waals surface area (Å²) in [6, 6.07) is 0. The lowest BCUT2D eigenvalue weighted by Gasteiger charge is -2.23. The van der Waals surface area contributed by atoms with Gasteiger partial charge in [0.15, 0.2) is 6.10 Å². The summed E-state index contributed by atoms with van der Waals surface area (Å²) < 4.78 is 15.2. The first-order valence-electron chi connectivity index (χ1n) is 4.79. The summed E-state index contributed by atoms with van der Waals surface area (Å²) in [6.45, 7) is 1.45. The van der Waals surface area contributed by atoms with Crippen LogP contribution in [-0.2, 0) is 19.0 Å². The maximum absolute atomic E-state index is 11.4. The van der Waals surface area contributed by atoms with Gasteiger partial charge in [-0.1, -0.05) is 0 Å². The lowest BCUT2D eigenvalue weighted by Crippen LogP contribution is -2.36. The molecular weight excluding hydrogens is 186 g/mol. The SMILES string of the molecule is COC(CN)C(=O)OC1CCOCC1. The molecule has 1 rings (SSSR count). The topological polar surface area (TPSA) is 70.8 Å². The predicted molar refractivity (Wildman–Crippen MR) is 49.8 cm³/mol. The predicted octanol–water partition coefficient (Wildman–Crippen LogP) is -0.318. The summed E-state index contributed by atoms with van der Waals surface area (Å²) in [5, 5.41) is 0. The Hall–Kier alpha value is -0.650. The van der Waals surface area contributed by atoms with Crippen molar-refractivity contribution in [1.82, 2.24) is 0 Å². The smallest absolute Gasteiger partial charge is 0.336 e. The highest BCUT2D eigenvalue weighted by Gasteiger charge is 2.23. The van der Waals surface area contributed by atoms with Gasteiger partial charge < -0.3 is 19.9 Å². The molecule has 0 saturated carbocycles. The van der Waals surface area contributed by atoms with Crippen LogP contribution in [0, 0.1) is 0 Å². The Kier molecular flexibility index (Phi) is 4.86. The van der Waals surface area contributed by atoms with Crippen molar-refractivity contribution < 1.29 is 19.0 Å². The first-order valence-corrected chi connectivity index (χ1v) is 4.79. The van der Waals surface area contributed by atoms with E-state index in [0.717, 1.165) is 12.8 Å². The zero-order valence-electron chi connectivity index (χ0n) is 8.40. The second-order valence-electron chi connectivity index (χ2n) is 3.21. The van der Waals surface area contributed by atoms with E-state index >= 15 is 0 Å². The summed E-state index contributed by atoms with van der Waals surface area (Å²) in [5.41, 5.74) is 5.34. The van der Waals surface area contributed by atoms with Crippen LogP contribution in [0.5, 0.6) is 0 Å². The van der Waals surface area contributed by atoms with E-state index < -0.39 is 6.10 Å². The minimum absolute atomic E-state index is 0.0413. The fourth-order valence-corrected chi connectivity index (χ4v) is 1.32. The number of methoxy groups -OCH3 is 1. The average molecular weight is 203 g/mol. The molecule has 0 aromatic rings. The van der Waals surface area contributed by atoms with Crippen molar-refractivity contribution >= 4 is 5.97 Å². The third kappa shape index (κ3) is 3.25.